The fourth-order valence-corrected chi connectivity index (χ4v) is 4.12. The second-order valence-electron chi connectivity index (χ2n) is 4.96. The largest absolute Gasteiger partial charge is 0.444 e. The quantitative estimate of drug-likeness (QED) is 0.801. The van der Waals surface area contributed by atoms with Crippen molar-refractivity contribution in [1.29, 1.82) is 0 Å². The molecule has 120 valence electrons. The maximum absolute atomic E-state index is 12.5. The van der Waals surface area contributed by atoms with Crippen LogP contribution in [0.2, 0.25) is 0 Å². The molecular formula is C12H21N2O5PS. The van der Waals surface area contributed by atoms with Gasteiger partial charge in [-0.3, -0.25) is 9.88 Å². The highest BCUT2D eigenvalue weighted by molar-refractivity contribution is 7.69. The molecule has 1 heterocycles. The van der Waals surface area contributed by atoms with Crippen molar-refractivity contribution in [2.24, 2.45) is 0 Å². The molecule has 0 radical (unpaired) electrons. The van der Waals surface area contributed by atoms with Gasteiger partial charge >= 0.3 is 13.7 Å². The minimum Gasteiger partial charge on any atom is -0.444 e. The lowest BCUT2D eigenvalue weighted by Gasteiger charge is -2.19. The Morgan fingerprint density at radius 2 is 1.90 bits per heavy atom. The van der Waals surface area contributed by atoms with Gasteiger partial charge in [0.2, 0.25) is 0 Å². The highest BCUT2D eigenvalue weighted by atomic mass is 32.1. The maximum atomic E-state index is 12.5. The first kappa shape index (κ1) is 18.1. The number of carbonyl (C=O) groups excluding carboxylic acids is 1. The second-order valence-corrected chi connectivity index (χ2v) is 8.29. The lowest BCUT2D eigenvalue weighted by Crippen LogP contribution is -2.27. The van der Waals surface area contributed by atoms with Gasteiger partial charge in [0, 0.05) is 0 Å². The van der Waals surface area contributed by atoms with Crippen LogP contribution in [0.5, 0.6) is 0 Å². The van der Waals surface area contributed by atoms with E-state index in [0.717, 1.165) is 11.3 Å². The fraction of sp³-hybridized carbons (Fsp3) is 0.667. The zero-order valence-corrected chi connectivity index (χ0v) is 14.5. The number of carbonyl (C=O) groups is 1. The summed E-state index contributed by atoms with van der Waals surface area (Å²) in [6.45, 7) is 9.25. The smallest absolute Gasteiger partial charge is 0.413 e. The van der Waals surface area contributed by atoms with E-state index < -0.39 is 19.3 Å². The molecule has 1 aromatic heterocycles. The van der Waals surface area contributed by atoms with Crippen molar-refractivity contribution in [1.82, 2.24) is 4.98 Å². The fourth-order valence-electron chi connectivity index (χ4n) is 1.35. The first-order valence-corrected chi connectivity index (χ1v) is 8.91. The molecule has 9 heteroatoms. The second kappa shape index (κ2) is 7.35. The summed E-state index contributed by atoms with van der Waals surface area (Å²) in [5.74, 6) is 0. The van der Waals surface area contributed by atoms with Crippen LogP contribution in [0.4, 0.5) is 9.93 Å². The van der Waals surface area contributed by atoms with Gasteiger partial charge in [0.25, 0.3) is 0 Å². The molecule has 1 N–H and O–H groups in total. The third-order valence-corrected chi connectivity index (χ3v) is 5.48. The van der Waals surface area contributed by atoms with Crippen molar-refractivity contribution >= 4 is 34.8 Å². The third-order valence-electron chi connectivity index (χ3n) is 1.97. The predicted molar refractivity (Wildman–Crippen MR) is 82.5 cm³/mol. The van der Waals surface area contributed by atoms with Crippen LogP contribution in [0, 0.1) is 0 Å². The van der Waals surface area contributed by atoms with Crippen molar-refractivity contribution in [2.45, 2.75) is 40.2 Å². The molecule has 0 bridgehead atoms. The summed E-state index contributed by atoms with van der Waals surface area (Å²) >= 11 is 1.04. The Labute approximate surface area is 128 Å². The van der Waals surface area contributed by atoms with Gasteiger partial charge in [-0.15, -0.1) is 0 Å². The van der Waals surface area contributed by atoms with Gasteiger partial charge in [0.15, 0.2) is 5.13 Å². The highest BCUT2D eigenvalue weighted by Gasteiger charge is 2.30. The molecule has 0 saturated heterocycles. The van der Waals surface area contributed by atoms with E-state index in [4.69, 9.17) is 13.8 Å². The number of nitrogens with one attached hydrogen (secondary N) is 1. The van der Waals surface area contributed by atoms with Gasteiger partial charge in [0.1, 0.15) is 10.2 Å². The van der Waals surface area contributed by atoms with Crippen molar-refractivity contribution in [3.8, 4) is 0 Å². The molecule has 1 amide bonds. The van der Waals surface area contributed by atoms with Gasteiger partial charge < -0.3 is 13.8 Å². The van der Waals surface area contributed by atoms with E-state index >= 15 is 0 Å². The molecule has 1 aromatic rings. The Kier molecular flexibility index (Phi) is 6.34. The average molecular weight is 336 g/mol. The number of aromatic nitrogens is 1. The molecule has 0 unspecified atom stereocenters. The molecule has 0 aromatic carbocycles. The summed E-state index contributed by atoms with van der Waals surface area (Å²) < 4.78 is 28.4. The van der Waals surface area contributed by atoms with Crippen molar-refractivity contribution in [3.63, 3.8) is 0 Å². The molecule has 1 rings (SSSR count). The summed E-state index contributed by atoms with van der Waals surface area (Å²) in [5, 5.41) is 2.77. The first-order valence-electron chi connectivity index (χ1n) is 6.55. The van der Waals surface area contributed by atoms with Gasteiger partial charge in [-0.25, -0.2) is 9.78 Å². The molecule has 7 nitrogen and oxygen atoms in total. The summed E-state index contributed by atoms with van der Waals surface area (Å²) in [6, 6.07) is 0. The summed E-state index contributed by atoms with van der Waals surface area (Å²) in [4.78, 5) is 15.6. The molecule has 0 saturated carbocycles. The first-order chi connectivity index (χ1) is 9.70. The average Bonchev–Trinajstić information content (AvgIpc) is 2.76. The molecule has 0 aliphatic carbocycles. The van der Waals surface area contributed by atoms with Crippen LogP contribution in [0.1, 0.15) is 34.6 Å². The van der Waals surface area contributed by atoms with E-state index in [-0.39, 0.29) is 18.3 Å². The number of anilines is 1. The lowest BCUT2D eigenvalue weighted by atomic mass is 10.2. The molecule has 0 aliphatic heterocycles. The van der Waals surface area contributed by atoms with Crippen molar-refractivity contribution in [3.05, 3.63) is 6.20 Å². The summed E-state index contributed by atoms with van der Waals surface area (Å²) in [6.07, 6.45) is 0.759. The molecular weight excluding hydrogens is 315 g/mol. The number of rotatable bonds is 6. The van der Waals surface area contributed by atoms with Gasteiger partial charge in [-0.05, 0) is 34.6 Å². The molecule has 0 aliphatic rings. The number of amides is 1. The number of thiazole rings is 1. The molecule has 0 spiro atoms. The SMILES string of the molecule is CCOP(=O)(OCC)c1cnc(NC(=O)OC(C)(C)C)s1. The predicted octanol–water partition coefficient (Wildman–Crippen LogP) is 3.38. The maximum Gasteiger partial charge on any atom is 0.413 e. The van der Waals surface area contributed by atoms with Crippen LogP contribution in [0.25, 0.3) is 0 Å². The Hall–Kier alpha value is -0.950. The number of ether oxygens (including phenoxy) is 1. The van der Waals surface area contributed by atoms with Gasteiger partial charge in [-0.1, -0.05) is 11.3 Å². The van der Waals surface area contributed by atoms with Crippen molar-refractivity contribution in [2.75, 3.05) is 18.5 Å². The third kappa shape index (κ3) is 5.74. The van der Waals surface area contributed by atoms with E-state index in [0.29, 0.717) is 4.62 Å². The summed E-state index contributed by atoms with van der Waals surface area (Å²) in [5.41, 5.74) is -0.601. The number of hydrogen-bond donors (Lipinski definition) is 1. The van der Waals surface area contributed by atoms with E-state index in [1.807, 2.05) is 0 Å². The minimum absolute atomic E-state index is 0.254. The zero-order valence-electron chi connectivity index (χ0n) is 12.8. The van der Waals surface area contributed by atoms with Gasteiger partial charge in [-0.2, -0.15) is 0 Å². The van der Waals surface area contributed by atoms with Gasteiger partial charge in [0.05, 0.1) is 19.4 Å². The van der Waals surface area contributed by atoms with Crippen LogP contribution in [-0.4, -0.2) is 29.9 Å². The Bertz CT molecular complexity index is 516. The van der Waals surface area contributed by atoms with E-state index in [1.54, 1.807) is 34.6 Å². The van der Waals surface area contributed by atoms with Crippen LogP contribution in [0.15, 0.2) is 6.20 Å². The minimum atomic E-state index is -3.37. The zero-order chi connectivity index (χ0) is 16.1. The Morgan fingerprint density at radius 1 is 1.33 bits per heavy atom. The monoisotopic (exact) mass is 336 g/mol. The molecule has 0 atom stereocenters. The van der Waals surface area contributed by atoms with E-state index in [9.17, 15) is 9.36 Å². The van der Waals surface area contributed by atoms with E-state index in [1.165, 1.54) is 6.20 Å². The van der Waals surface area contributed by atoms with Crippen LogP contribution in [-0.2, 0) is 18.3 Å². The summed E-state index contributed by atoms with van der Waals surface area (Å²) in [7, 11) is -3.37. The standard InChI is InChI=1S/C12H21N2O5PS/c1-6-17-20(16,18-7-2)9-8-13-10(21-9)14-11(15)19-12(3,4)5/h8H,6-7H2,1-5H3,(H,13,14,15). The van der Waals surface area contributed by atoms with Crippen molar-refractivity contribution < 1.29 is 23.1 Å². The lowest BCUT2D eigenvalue weighted by molar-refractivity contribution is 0.0636. The van der Waals surface area contributed by atoms with Crippen LogP contribution >= 0.6 is 18.9 Å². The Balaban J connectivity index is 2.80. The van der Waals surface area contributed by atoms with Crippen LogP contribution < -0.4 is 9.94 Å². The van der Waals surface area contributed by atoms with E-state index in [2.05, 4.69) is 10.3 Å². The number of hydrogen-bond acceptors (Lipinski definition) is 7. The Morgan fingerprint density at radius 3 is 2.38 bits per heavy atom. The highest BCUT2D eigenvalue weighted by Crippen LogP contribution is 2.48. The molecule has 21 heavy (non-hydrogen) atoms. The van der Waals surface area contributed by atoms with Crippen LogP contribution in [0.3, 0.4) is 0 Å². The topological polar surface area (TPSA) is 86.8 Å². The normalized spacial score (nSPS) is 12.2. The molecule has 0 fully saturated rings. The number of nitrogens with zero attached hydrogens (tertiary/aromatic N) is 1.